The van der Waals surface area contributed by atoms with Gasteiger partial charge in [-0.2, -0.15) is 5.10 Å². The molecule has 2 aliphatic heterocycles. The Labute approximate surface area is 213 Å². The van der Waals surface area contributed by atoms with Crippen LogP contribution >= 0.6 is 11.3 Å². The molecule has 4 aromatic rings. The summed E-state index contributed by atoms with van der Waals surface area (Å²) in [6.07, 6.45) is 4.39. The standard InChI is InChI=1S/C26H27N7O2S/c1-35-21-6-4-20(5-7-21)33-15-18-13-27-25(28-14-22-3-2-12-36-22)30-23(18)26(24(33)34)9-11-32(17-26)16-19-8-10-29-31-19/h2-8,10,12-13H,9,11,14-17H2,1H3,(H,29,31)(H,27,28,30). The molecule has 1 atom stereocenters. The number of likely N-dealkylation sites (tertiary alicyclic amines) is 1. The van der Waals surface area contributed by atoms with Gasteiger partial charge in [-0.25, -0.2) is 9.97 Å². The zero-order valence-electron chi connectivity index (χ0n) is 20.0. The van der Waals surface area contributed by atoms with Crippen LogP contribution in [0.2, 0.25) is 0 Å². The van der Waals surface area contributed by atoms with Crippen molar-refractivity contribution in [1.29, 1.82) is 0 Å². The van der Waals surface area contributed by atoms with Crippen molar-refractivity contribution in [3.05, 3.63) is 82.1 Å². The second-order valence-corrected chi connectivity index (χ2v) is 10.2. The van der Waals surface area contributed by atoms with Gasteiger partial charge in [-0.3, -0.25) is 14.8 Å². The quantitative estimate of drug-likeness (QED) is 0.399. The molecule has 2 aliphatic rings. The minimum absolute atomic E-state index is 0.0765. The minimum atomic E-state index is -0.744. The fraction of sp³-hybridized carbons (Fsp3) is 0.308. The number of carbonyl (C=O) groups is 1. The molecule has 1 spiro atoms. The molecule has 1 aromatic carbocycles. The Balaban J connectivity index is 1.35. The van der Waals surface area contributed by atoms with Crippen LogP contribution in [0.1, 0.15) is 28.2 Å². The molecule has 0 radical (unpaired) electrons. The van der Waals surface area contributed by atoms with E-state index in [4.69, 9.17) is 9.72 Å². The van der Waals surface area contributed by atoms with Gasteiger partial charge in [0.05, 0.1) is 31.6 Å². The third kappa shape index (κ3) is 4.12. The summed E-state index contributed by atoms with van der Waals surface area (Å²) in [4.78, 5) is 29.2. The van der Waals surface area contributed by atoms with Crippen LogP contribution < -0.4 is 15.0 Å². The number of H-pyrrole nitrogens is 1. The average Bonchev–Trinajstić information content (AvgIpc) is 3.69. The van der Waals surface area contributed by atoms with Crippen molar-refractivity contribution in [3.63, 3.8) is 0 Å². The average molecular weight is 502 g/mol. The zero-order chi connectivity index (χ0) is 24.5. The summed E-state index contributed by atoms with van der Waals surface area (Å²) in [5.41, 5.74) is 2.88. The third-order valence-electron chi connectivity index (χ3n) is 6.98. The number of benzene rings is 1. The number of aromatic amines is 1. The molecule has 0 bridgehead atoms. The van der Waals surface area contributed by atoms with Crippen LogP contribution in [0, 0.1) is 0 Å². The Morgan fingerprint density at radius 2 is 2.11 bits per heavy atom. The van der Waals surface area contributed by atoms with Crippen molar-refractivity contribution in [3.8, 4) is 5.75 Å². The molecular weight excluding hydrogens is 474 g/mol. The summed E-state index contributed by atoms with van der Waals surface area (Å²) in [7, 11) is 1.64. The fourth-order valence-corrected chi connectivity index (χ4v) is 5.82. The predicted octanol–water partition coefficient (Wildman–Crippen LogP) is 3.57. The Morgan fingerprint density at radius 3 is 2.86 bits per heavy atom. The molecule has 0 saturated carbocycles. The van der Waals surface area contributed by atoms with Gasteiger partial charge in [0.15, 0.2) is 0 Å². The van der Waals surface area contributed by atoms with Crippen molar-refractivity contribution in [1.82, 2.24) is 25.1 Å². The highest BCUT2D eigenvalue weighted by molar-refractivity contribution is 7.09. The van der Waals surface area contributed by atoms with Gasteiger partial charge >= 0.3 is 0 Å². The van der Waals surface area contributed by atoms with Gasteiger partial charge in [0.2, 0.25) is 11.9 Å². The number of hydrogen-bond donors (Lipinski definition) is 2. The molecule has 1 amide bonds. The van der Waals surface area contributed by atoms with E-state index in [1.165, 1.54) is 4.88 Å². The molecule has 6 rings (SSSR count). The normalized spacial score (nSPS) is 19.6. The van der Waals surface area contributed by atoms with Crippen molar-refractivity contribution >= 4 is 28.9 Å². The molecule has 10 heteroatoms. The second kappa shape index (κ2) is 9.36. The number of nitrogens with one attached hydrogen (secondary N) is 2. The predicted molar refractivity (Wildman–Crippen MR) is 138 cm³/mol. The van der Waals surface area contributed by atoms with Crippen molar-refractivity contribution < 1.29 is 9.53 Å². The van der Waals surface area contributed by atoms with Crippen LogP contribution in [0.5, 0.6) is 5.75 Å². The Hall–Kier alpha value is -3.76. The molecule has 184 valence electrons. The van der Waals surface area contributed by atoms with E-state index < -0.39 is 5.41 Å². The van der Waals surface area contributed by atoms with Crippen LogP contribution in [0.3, 0.4) is 0 Å². The van der Waals surface area contributed by atoms with E-state index >= 15 is 0 Å². The van der Waals surface area contributed by atoms with E-state index in [-0.39, 0.29) is 5.91 Å². The number of methoxy groups -OCH3 is 1. The first kappa shape index (κ1) is 22.7. The zero-order valence-corrected chi connectivity index (χ0v) is 20.8. The van der Waals surface area contributed by atoms with Crippen LogP contribution in [-0.2, 0) is 29.8 Å². The maximum Gasteiger partial charge on any atom is 0.240 e. The molecule has 1 unspecified atom stereocenters. The fourth-order valence-electron chi connectivity index (χ4n) is 5.17. The summed E-state index contributed by atoms with van der Waals surface area (Å²) >= 11 is 1.69. The maximum atomic E-state index is 14.2. The van der Waals surface area contributed by atoms with Gasteiger partial charge in [-0.1, -0.05) is 6.07 Å². The Bertz CT molecular complexity index is 1340. The minimum Gasteiger partial charge on any atom is -0.497 e. The number of thiophene rings is 1. The number of fused-ring (bicyclic) bond motifs is 2. The number of nitrogens with zero attached hydrogens (tertiary/aromatic N) is 5. The summed E-state index contributed by atoms with van der Waals surface area (Å²) in [5.74, 6) is 1.39. The summed E-state index contributed by atoms with van der Waals surface area (Å²) < 4.78 is 5.31. The molecule has 2 N–H and O–H groups in total. The maximum absolute atomic E-state index is 14.2. The lowest BCUT2D eigenvalue weighted by Gasteiger charge is -2.40. The number of carbonyl (C=O) groups excluding carboxylic acids is 1. The third-order valence-corrected chi connectivity index (χ3v) is 7.85. The van der Waals surface area contributed by atoms with E-state index in [1.807, 2.05) is 53.7 Å². The van der Waals surface area contributed by atoms with Gasteiger partial charge in [0.1, 0.15) is 11.2 Å². The van der Waals surface area contributed by atoms with Gasteiger partial charge in [-0.15, -0.1) is 11.3 Å². The lowest BCUT2D eigenvalue weighted by molar-refractivity contribution is -0.124. The van der Waals surface area contributed by atoms with Crippen LogP contribution in [-0.4, -0.2) is 51.2 Å². The first-order valence-electron chi connectivity index (χ1n) is 11.9. The molecule has 1 saturated heterocycles. The van der Waals surface area contributed by atoms with Gasteiger partial charge in [0.25, 0.3) is 0 Å². The number of rotatable bonds is 7. The van der Waals surface area contributed by atoms with Crippen molar-refractivity contribution in [2.45, 2.75) is 31.5 Å². The van der Waals surface area contributed by atoms with E-state index in [1.54, 1.807) is 18.4 Å². The molecule has 5 heterocycles. The smallest absolute Gasteiger partial charge is 0.240 e. The highest BCUT2D eigenvalue weighted by Gasteiger charge is 2.53. The molecule has 3 aromatic heterocycles. The summed E-state index contributed by atoms with van der Waals surface area (Å²) in [6, 6.07) is 13.7. The van der Waals surface area contributed by atoms with Gasteiger partial charge in [-0.05, 0) is 48.2 Å². The lowest BCUT2D eigenvalue weighted by atomic mass is 9.77. The van der Waals surface area contributed by atoms with Crippen LogP contribution in [0.4, 0.5) is 11.6 Å². The first-order valence-corrected chi connectivity index (χ1v) is 12.8. The topological polar surface area (TPSA) is 99.3 Å². The number of aromatic nitrogens is 4. The van der Waals surface area contributed by atoms with Crippen molar-refractivity contribution in [2.24, 2.45) is 0 Å². The van der Waals surface area contributed by atoms with E-state index in [0.29, 0.717) is 38.5 Å². The van der Waals surface area contributed by atoms with E-state index in [9.17, 15) is 4.79 Å². The SMILES string of the molecule is COc1ccc(N2Cc3cnc(NCc4cccs4)nc3C3(CCN(Cc4cc[nH]n4)C3)C2=O)cc1. The molecule has 1 fully saturated rings. The number of ether oxygens (including phenoxy) is 1. The number of amides is 1. The Morgan fingerprint density at radius 1 is 1.22 bits per heavy atom. The van der Waals surface area contributed by atoms with Crippen LogP contribution in [0.15, 0.2) is 60.2 Å². The number of anilines is 2. The molecule has 36 heavy (non-hydrogen) atoms. The van der Waals surface area contributed by atoms with Crippen LogP contribution in [0.25, 0.3) is 0 Å². The molecular formula is C26H27N7O2S. The van der Waals surface area contributed by atoms with Gasteiger partial charge in [0, 0.05) is 48.2 Å². The van der Waals surface area contributed by atoms with E-state index in [2.05, 4.69) is 36.8 Å². The molecule has 0 aliphatic carbocycles. The van der Waals surface area contributed by atoms with Crippen molar-refractivity contribution in [2.75, 3.05) is 30.4 Å². The number of hydrogen-bond acceptors (Lipinski definition) is 8. The molecule has 9 nitrogen and oxygen atoms in total. The monoisotopic (exact) mass is 501 g/mol. The summed E-state index contributed by atoms with van der Waals surface area (Å²) in [6.45, 7) is 3.15. The Kier molecular flexibility index (Phi) is 5.90. The second-order valence-electron chi connectivity index (χ2n) is 9.20. The highest BCUT2D eigenvalue weighted by Crippen LogP contribution is 2.43. The lowest BCUT2D eigenvalue weighted by Crippen LogP contribution is -2.53. The summed E-state index contributed by atoms with van der Waals surface area (Å²) in [5, 5.41) is 12.6. The van der Waals surface area contributed by atoms with E-state index in [0.717, 1.165) is 34.9 Å². The largest absolute Gasteiger partial charge is 0.497 e. The first-order chi connectivity index (χ1) is 17.6. The van der Waals surface area contributed by atoms with Gasteiger partial charge < -0.3 is 15.0 Å². The highest BCUT2D eigenvalue weighted by atomic mass is 32.1.